The fourth-order valence-electron chi connectivity index (χ4n) is 4.42. The van der Waals surface area contributed by atoms with Gasteiger partial charge in [0.05, 0.1) is 29.7 Å². The van der Waals surface area contributed by atoms with Crippen molar-refractivity contribution in [2.75, 3.05) is 13.7 Å². The SMILES string of the molecule is CCCCN(C(=O)c1cccc(OC)c1)C(C)c1nc2ccccc2c(=O)n1-c1ccc(CC)cc1. The molecule has 0 aliphatic rings. The summed E-state index contributed by atoms with van der Waals surface area (Å²) in [6, 6.07) is 22.1. The molecule has 1 amide bonds. The molecule has 4 rings (SSSR count). The molecule has 0 radical (unpaired) electrons. The zero-order valence-electron chi connectivity index (χ0n) is 21.4. The highest BCUT2D eigenvalue weighted by Crippen LogP contribution is 2.26. The third-order valence-electron chi connectivity index (χ3n) is 6.58. The number of para-hydroxylation sites is 1. The average Bonchev–Trinajstić information content (AvgIpc) is 2.93. The first-order valence-electron chi connectivity index (χ1n) is 12.5. The Bertz CT molecular complexity index is 1410. The van der Waals surface area contributed by atoms with Crippen molar-refractivity contribution in [3.05, 3.63) is 100 Å². The first kappa shape index (κ1) is 25.2. The van der Waals surface area contributed by atoms with E-state index in [0.717, 1.165) is 24.9 Å². The van der Waals surface area contributed by atoms with Crippen molar-refractivity contribution in [2.45, 2.75) is 46.1 Å². The maximum absolute atomic E-state index is 13.8. The molecule has 0 aliphatic carbocycles. The van der Waals surface area contributed by atoms with E-state index in [-0.39, 0.29) is 11.5 Å². The fourth-order valence-corrected chi connectivity index (χ4v) is 4.42. The number of carbonyl (C=O) groups excluding carboxylic acids is 1. The minimum Gasteiger partial charge on any atom is -0.497 e. The number of methoxy groups -OCH3 is 1. The van der Waals surface area contributed by atoms with Crippen LogP contribution in [-0.4, -0.2) is 34.0 Å². The highest BCUT2D eigenvalue weighted by Gasteiger charge is 2.27. The zero-order valence-corrected chi connectivity index (χ0v) is 21.4. The molecule has 4 aromatic rings. The summed E-state index contributed by atoms with van der Waals surface area (Å²) in [6.07, 6.45) is 2.68. The molecule has 0 aliphatic heterocycles. The van der Waals surface area contributed by atoms with Gasteiger partial charge in [0.25, 0.3) is 11.5 Å². The van der Waals surface area contributed by atoms with E-state index in [1.54, 1.807) is 29.9 Å². The third-order valence-corrected chi connectivity index (χ3v) is 6.58. The quantitative estimate of drug-likeness (QED) is 0.295. The molecule has 0 bridgehead atoms. The molecule has 36 heavy (non-hydrogen) atoms. The lowest BCUT2D eigenvalue weighted by atomic mass is 10.1. The number of aryl methyl sites for hydroxylation is 1. The van der Waals surface area contributed by atoms with E-state index < -0.39 is 6.04 Å². The van der Waals surface area contributed by atoms with E-state index >= 15 is 0 Å². The van der Waals surface area contributed by atoms with Crippen LogP contribution in [0.1, 0.15) is 61.4 Å². The van der Waals surface area contributed by atoms with Crippen molar-refractivity contribution in [1.29, 1.82) is 0 Å². The molecule has 1 unspecified atom stereocenters. The Hall–Kier alpha value is -3.93. The molecule has 6 nitrogen and oxygen atoms in total. The highest BCUT2D eigenvalue weighted by molar-refractivity contribution is 5.95. The van der Waals surface area contributed by atoms with Crippen LogP contribution in [0.3, 0.4) is 0 Å². The maximum Gasteiger partial charge on any atom is 0.266 e. The summed E-state index contributed by atoms with van der Waals surface area (Å²) >= 11 is 0. The van der Waals surface area contributed by atoms with E-state index in [1.807, 2.05) is 66.4 Å². The van der Waals surface area contributed by atoms with E-state index in [9.17, 15) is 9.59 Å². The van der Waals surface area contributed by atoms with E-state index in [4.69, 9.17) is 9.72 Å². The summed E-state index contributed by atoms with van der Waals surface area (Å²) < 4.78 is 7.00. The Morgan fingerprint density at radius 1 is 1.03 bits per heavy atom. The van der Waals surface area contributed by atoms with Crippen LogP contribution in [0.25, 0.3) is 16.6 Å². The third kappa shape index (κ3) is 5.03. The van der Waals surface area contributed by atoms with Gasteiger partial charge in [-0.2, -0.15) is 0 Å². The van der Waals surface area contributed by atoms with E-state index in [2.05, 4.69) is 13.8 Å². The number of aromatic nitrogens is 2. The van der Waals surface area contributed by atoms with Crippen molar-refractivity contribution >= 4 is 16.8 Å². The molecule has 1 aromatic heterocycles. The highest BCUT2D eigenvalue weighted by atomic mass is 16.5. The molecule has 1 heterocycles. The fraction of sp³-hybridized carbons (Fsp3) is 0.300. The van der Waals surface area contributed by atoms with E-state index in [0.29, 0.717) is 34.6 Å². The van der Waals surface area contributed by atoms with Gasteiger partial charge in [-0.25, -0.2) is 4.98 Å². The largest absolute Gasteiger partial charge is 0.497 e. The molecule has 1 atom stereocenters. The number of unbranched alkanes of at least 4 members (excludes halogenated alkanes) is 1. The summed E-state index contributed by atoms with van der Waals surface area (Å²) in [5, 5.41) is 0.548. The van der Waals surface area contributed by atoms with Gasteiger partial charge in [0.15, 0.2) is 0 Å². The Morgan fingerprint density at radius 2 is 1.78 bits per heavy atom. The van der Waals surface area contributed by atoms with Crippen molar-refractivity contribution in [3.8, 4) is 11.4 Å². The van der Waals surface area contributed by atoms with Crippen LogP contribution in [-0.2, 0) is 6.42 Å². The first-order valence-corrected chi connectivity index (χ1v) is 12.5. The lowest BCUT2D eigenvalue weighted by Crippen LogP contribution is -2.38. The molecule has 3 aromatic carbocycles. The average molecular weight is 484 g/mol. The summed E-state index contributed by atoms with van der Waals surface area (Å²) in [7, 11) is 1.59. The van der Waals surface area contributed by atoms with Crippen LogP contribution in [0.2, 0.25) is 0 Å². The minimum atomic E-state index is -0.446. The molecular weight excluding hydrogens is 450 g/mol. The van der Waals surface area contributed by atoms with Gasteiger partial charge in [-0.3, -0.25) is 14.2 Å². The van der Waals surface area contributed by atoms with Crippen LogP contribution in [0.15, 0.2) is 77.6 Å². The number of benzene rings is 3. The number of carbonyl (C=O) groups is 1. The zero-order chi connectivity index (χ0) is 25.7. The minimum absolute atomic E-state index is 0.120. The number of ether oxygens (including phenoxy) is 1. The van der Waals surface area contributed by atoms with Crippen LogP contribution < -0.4 is 10.3 Å². The normalized spacial score (nSPS) is 11.9. The van der Waals surface area contributed by atoms with Gasteiger partial charge in [-0.15, -0.1) is 0 Å². The molecule has 0 spiro atoms. The van der Waals surface area contributed by atoms with Gasteiger partial charge in [0, 0.05) is 12.1 Å². The van der Waals surface area contributed by atoms with Gasteiger partial charge in [0.2, 0.25) is 0 Å². The van der Waals surface area contributed by atoms with Crippen LogP contribution in [0.5, 0.6) is 5.75 Å². The van der Waals surface area contributed by atoms with Gasteiger partial charge < -0.3 is 9.64 Å². The van der Waals surface area contributed by atoms with Crippen LogP contribution >= 0.6 is 0 Å². The number of nitrogens with zero attached hydrogens (tertiary/aromatic N) is 3. The van der Waals surface area contributed by atoms with Crippen molar-refractivity contribution in [1.82, 2.24) is 14.5 Å². The molecule has 0 saturated heterocycles. The predicted molar refractivity (Wildman–Crippen MR) is 144 cm³/mol. The van der Waals surface area contributed by atoms with Gasteiger partial charge >= 0.3 is 0 Å². The first-order chi connectivity index (χ1) is 17.5. The number of hydrogen-bond donors (Lipinski definition) is 0. The molecule has 0 fully saturated rings. The molecule has 186 valence electrons. The summed E-state index contributed by atoms with van der Waals surface area (Å²) in [5.74, 6) is 1.04. The molecule has 0 saturated carbocycles. The second-order valence-corrected chi connectivity index (χ2v) is 8.91. The molecular formula is C30H33N3O3. The number of rotatable bonds is 9. The Balaban J connectivity index is 1.88. The maximum atomic E-state index is 13.8. The van der Waals surface area contributed by atoms with Crippen LogP contribution in [0.4, 0.5) is 0 Å². The Morgan fingerprint density at radius 3 is 2.47 bits per heavy atom. The lowest BCUT2D eigenvalue weighted by molar-refractivity contribution is 0.0678. The second-order valence-electron chi connectivity index (χ2n) is 8.91. The Kier molecular flexibility index (Phi) is 7.84. The Labute approximate surface area is 212 Å². The predicted octanol–water partition coefficient (Wildman–Crippen LogP) is 5.96. The number of fused-ring (bicyclic) bond motifs is 1. The standard InChI is InChI=1S/C30H33N3O3/c1-5-7-19-32(29(34)23-11-10-12-25(20-23)36-4)21(3)28-31-27-14-9-8-13-26(27)30(35)33(28)24-17-15-22(6-2)16-18-24/h8-18,20-21H,5-7,19H2,1-4H3. The van der Waals surface area contributed by atoms with Gasteiger partial charge in [-0.1, -0.05) is 50.6 Å². The van der Waals surface area contributed by atoms with Crippen LogP contribution in [0, 0.1) is 0 Å². The molecule has 0 N–H and O–H groups in total. The number of amides is 1. The smallest absolute Gasteiger partial charge is 0.266 e. The van der Waals surface area contributed by atoms with Crippen molar-refractivity contribution in [2.24, 2.45) is 0 Å². The van der Waals surface area contributed by atoms with Crippen molar-refractivity contribution < 1.29 is 9.53 Å². The van der Waals surface area contributed by atoms with Gasteiger partial charge in [0.1, 0.15) is 11.6 Å². The molecule has 6 heteroatoms. The summed E-state index contributed by atoms with van der Waals surface area (Å²) in [6.45, 7) is 6.69. The summed E-state index contributed by atoms with van der Waals surface area (Å²) in [4.78, 5) is 34.3. The summed E-state index contributed by atoms with van der Waals surface area (Å²) in [5.41, 5.74) is 2.94. The van der Waals surface area contributed by atoms with Gasteiger partial charge in [-0.05, 0) is 67.8 Å². The second kappa shape index (κ2) is 11.2. The van der Waals surface area contributed by atoms with Crippen molar-refractivity contribution in [3.63, 3.8) is 0 Å². The topological polar surface area (TPSA) is 64.4 Å². The van der Waals surface area contributed by atoms with E-state index in [1.165, 1.54) is 5.56 Å². The lowest BCUT2D eigenvalue weighted by Gasteiger charge is -2.31. The monoisotopic (exact) mass is 483 g/mol. The number of hydrogen-bond acceptors (Lipinski definition) is 4.